The van der Waals surface area contributed by atoms with Crippen LogP contribution >= 0.6 is 12.4 Å². The minimum absolute atomic E-state index is 0. The number of benzene rings is 1. The lowest BCUT2D eigenvalue weighted by molar-refractivity contribution is -0.132. The van der Waals surface area contributed by atoms with Crippen LogP contribution in [-0.4, -0.2) is 69.1 Å². The fourth-order valence-corrected chi connectivity index (χ4v) is 4.07. The molecule has 2 N–H and O–H groups in total. The van der Waals surface area contributed by atoms with Crippen LogP contribution in [0.25, 0.3) is 5.69 Å². The summed E-state index contributed by atoms with van der Waals surface area (Å²) < 4.78 is 1.58. The maximum Gasteiger partial charge on any atom is 0.237 e. The van der Waals surface area contributed by atoms with Crippen LogP contribution < -0.4 is 10.6 Å². The van der Waals surface area contributed by atoms with Crippen molar-refractivity contribution in [3.63, 3.8) is 0 Å². The van der Waals surface area contributed by atoms with Gasteiger partial charge in [-0.3, -0.25) is 9.59 Å². The molecule has 9 nitrogen and oxygen atoms in total. The first-order valence-corrected chi connectivity index (χ1v) is 10.3. The molecule has 2 aliphatic rings. The molecule has 0 aliphatic carbocycles. The Morgan fingerprint density at radius 1 is 1.17 bits per heavy atom. The monoisotopic (exact) mass is 433 g/mol. The van der Waals surface area contributed by atoms with Crippen LogP contribution in [0.5, 0.6) is 0 Å². The number of aromatic nitrogens is 4. The van der Waals surface area contributed by atoms with Gasteiger partial charge in [-0.1, -0.05) is 12.1 Å². The number of nitrogens with one attached hydrogen (secondary N) is 2. The van der Waals surface area contributed by atoms with E-state index < -0.39 is 0 Å². The Balaban J connectivity index is 0.00000256. The van der Waals surface area contributed by atoms with Crippen LogP contribution in [-0.2, 0) is 16.0 Å². The smallest absolute Gasteiger partial charge is 0.237 e. The summed E-state index contributed by atoms with van der Waals surface area (Å²) in [7, 11) is 0. The van der Waals surface area contributed by atoms with Gasteiger partial charge in [0.05, 0.1) is 18.2 Å². The van der Waals surface area contributed by atoms with Gasteiger partial charge in [0.25, 0.3) is 0 Å². The van der Waals surface area contributed by atoms with Gasteiger partial charge in [-0.15, -0.1) is 17.5 Å². The van der Waals surface area contributed by atoms with Gasteiger partial charge in [0, 0.05) is 19.6 Å². The summed E-state index contributed by atoms with van der Waals surface area (Å²) in [6, 6.07) is 7.64. The number of halogens is 1. The number of likely N-dealkylation sites (tertiary alicyclic amines) is 1. The molecule has 0 bridgehead atoms. The number of carbonyl (C=O) groups is 2. The average molecular weight is 434 g/mol. The molecule has 0 saturated carbocycles. The lowest BCUT2D eigenvalue weighted by Crippen LogP contribution is -2.47. The van der Waals surface area contributed by atoms with Crippen LogP contribution in [0, 0.1) is 5.92 Å². The highest BCUT2D eigenvalue weighted by Gasteiger charge is 2.26. The van der Waals surface area contributed by atoms with E-state index in [4.69, 9.17) is 0 Å². The minimum atomic E-state index is -0.0485. The van der Waals surface area contributed by atoms with Crippen molar-refractivity contribution in [2.75, 3.05) is 26.2 Å². The molecule has 2 atom stereocenters. The molecule has 2 fully saturated rings. The van der Waals surface area contributed by atoms with Gasteiger partial charge in [0.1, 0.15) is 6.33 Å². The third-order valence-corrected chi connectivity index (χ3v) is 5.72. The Bertz CT molecular complexity index is 822. The molecule has 0 spiro atoms. The number of hydrogen-bond acceptors (Lipinski definition) is 6. The van der Waals surface area contributed by atoms with Crippen LogP contribution in [0.2, 0.25) is 0 Å². The van der Waals surface area contributed by atoms with Gasteiger partial charge >= 0.3 is 0 Å². The van der Waals surface area contributed by atoms with Crippen molar-refractivity contribution in [2.45, 2.75) is 38.1 Å². The van der Waals surface area contributed by atoms with Gasteiger partial charge in [-0.05, 0) is 66.3 Å². The third-order valence-electron chi connectivity index (χ3n) is 5.72. The number of carbonyl (C=O) groups excluding carboxylic acids is 2. The van der Waals surface area contributed by atoms with Crippen molar-refractivity contribution < 1.29 is 9.59 Å². The standard InChI is InChI=1S/C20H27N7O2.ClH/c28-19(11-15-5-7-17(8-6-15)27-14-23-24-25-27)26-10-2-3-16(13-26)12-22-20(29)18-4-1-9-21-18;/h5-8,14,16,18,21H,1-4,9-13H2,(H,22,29);1H. The molecule has 1 aromatic carbocycles. The maximum absolute atomic E-state index is 12.8. The topological polar surface area (TPSA) is 105 Å². The Morgan fingerprint density at radius 3 is 2.70 bits per heavy atom. The number of nitrogens with zero attached hydrogens (tertiary/aromatic N) is 5. The molecule has 2 aliphatic heterocycles. The van der Waals surface area contributed by atoms with E-state index in [1.165, 1.54) is 6.33 Å². The number of tetrazole rings is 1. The Labute approximate surface area is 182 Å². The second-order valence-electron chi connectivity index (χ2n) is 7.84. The molecule has 0 radical (unpaired) electrons. The molecule has 3 heterocycles. The summed E-state index contributed by atoms with van der Waals surface area (Å²) in [5.74, 6) is 0.544. The second-order valence-corrected chi connectivity index (χ2v) is 7.84. The Hall–Kier alpha value is -2.52. The molecule has 30 heavy (non-hydrogen) atoms. The number of rotatable bonds is 6. The minimum Gasteiger partial charge on any atom is -0.354 e. The van der Waals surface area contributed by atoms with E-state index in [1.807, 2.05) is 29.2 Å². The fourth-order valence-electron chi connectivity index (χ4n) is 4.07. The first-order chi connectivity index (χ1) is 14.2. The lowest BCUT2D eigenvalue weighted by atomic mass is 9.97. The van der Waals surface area contributed by atoms with E-state index in [1.54, 1.807) is 4.68 Å². The van der Waals surface area contributed by atoms with Gasteiger partial charge in [-0.25, -0.2) is 4.68 Å². The predicted molar refractivity (Wildman–Crippen MR) is 113 cm³/mol. The van der Waals surface area contributed by atoms with E-state index in [0.717, 1.165) is 50.0 Å². The molecule has 162 valence electrons. The predicted octanol–water partition coefficient (Wildman–Crippen LogP) is 0.733. The van der Waals surface area contributed by atoms with Gasteiger partial charge in [-0.2, -0.15) is 0 Å². The maximum atomic E-state index is 12.8. The van der Waals surface area contributed by atoms with Crippen LogP contribution in [0.1, 0.15) is 31.2 Å². The molecule has 2 unspecified atom stereocenters. The van der Waals surface area contributed by atoms with E-state index >= 15 is 0 Å². The highest BCUT2D eigenvalue weighted by molar-refractivity contribution is 5.85. The first-order valence-electron chi connectivity index (χ1n) is 10.3. The van der Waals surface area contributed by atoms with Crippen molar-refractivity contribution in [2.24, 2.45) is 5.92 Å². The zero-order chi connectivity index (χ0) is 20.1. The van der Waals surface area contributed by atoms with E-state index in [-0.39, 0.29) is 30.3 Å². The first kappa shape index (κ1) is 22.2. The molecule has 4 rings (SSSR count). The van der Waals surface area contributed by atoms with E-state index in [9.17, 15) is 9.59 Å². The summed E-state index contributed by atoms with van der Waals surface area (Å²) in [5.41, 5.74) is 1.83. The van der Waals surface area contributed by atoms with Crippen LogP contribution in [0.4, 0.5) is 0 Å². The Kier molecular flexibility index (Phi) is 7.75. The number of hydrogen-bond donors (Lipinski definition) is 2. The molecular weight excluding hydrogens is 406 g/mol. The van der Waals surface area contributed by atoms with Gasteiger partial charge in [0.2, 0.25) is 11.8 Å². The number of piperidine rings is 1. The third kappa shape index (κ3) is 5.54. The SMILES string of the molecule is Cl.O=C(NCC1CCCN(C(=O)Cc2ccc(-n3cnnn3)cc2)C1)C1CCCN1. The fraction of sp³-hybridized carbons (Fsp3) is 0.550. The van der Waals surface area contributed by atoms with Crippen LogP contribution in [0.3, 0.4) is 0 Å². The molecule has 1 aromatic heterocycles. The second kappa shape index (κ2) is 10.5. The quantitative estimate of drug-likeness (QED) is 0.696. The normalized spacial score (nSPS) is 21.1. The zero-order valence-electron chi connectivity index (χ0n) is 16.9. The van der Waals surface area contributed by atoms with E-state index in [2.05, 4.69) is 26.2 Å². The van der Waals surface area contributed by atoms with Crippen molar-refractivity contribution in [1.82, 2.24) is 35.7 Å². The highest BCUT2D eigenvalue weighted by Crippen LogP contribution is 2.18. The summed E-state index contributed by atoms with van der Waals surface area (Å²) in [6.07, 6.45) is 5.90. The number of amides is 2. The summed E-state index contributed by atoms with van der Waals surface area (Å²) in [5, 5.41) is 17.4. The average Bonchev–Trinajstić information content (AvgIpc) is 3.47. The molecular formula is C20H28ClN7O2. The van der Waals surface area contributed by atoms with Crippen molar-refractivity contribution in [3.8, 4) is 5.69 Å². The van der Waals surface area contributed by atoms with Crippen molar-refractivity contribution >= 4 is 24.2 Å². The lowest BCUT2D eigenvalue weighted by Gasteiger charge is -2.33. The summed E-state index contributed by atoms with van der Waals surface area (Å²) in [4.78, 5) is 26.9. The van der Waals surface area contributed by atoms with Crippen molar-refractivity contribution in [1.29, 1.82) is 0 Å². The summed E-state index contributed by atoms with van der Waals surface area (Å²) >= 11 is 0. The molecule has 2 amide bonds. The molecule has 2 aromatic rings. The van der Waals surface area contributed by atoms with Gasteiger partial charge in [0.15, 0.2) is 0 Å². The highest BCUT2D eigenvalue weighted by atomic mass is 35.5. The largest absolute Gasteiger partial charge is 0.354 e. The van der Waals surface area contributed by atoms with Gasteiger partial charge < -0.3 is 15.5 Å². The Morgan fingerprint density at radius 2 is 2.00 bits per heavy atom. The van der Waals surface area contributed by atoms with E-state index in [0.29, 0.717) is 25.4 Å². The van der Waals surface area contributed by atoms with Crippen molar-refractivity contribution in [3.05, 3.63) is 36.2 Å². The van der Waals surface area contributed by atoms with Crippen LogP contribution in [0.15, 0.2) is 30.6 Å². The molecule has 10 heteroatoms. The zero-order valence-corrected chi connectivity index (χ0v) is 17.7. The summed E-state index contributed by atoms with van der Waals surface area (Å²) in [6.45, 7) is 3.05. The molecule has 2 saturated heterocycles.